The Labute approximate surface area is 348 Å². The Hall–Kier alpha value is -5.80. The van der Waals surface area contributed by atoms with Crippen molar-refractivity contribution < 1.29 is 0 Å². The summed E-state index contributed by atoms with van der Waals surface area (Å²) in [6.45, 7) is 14.3. The van der Waals surface area contributed by atoms with Crippen LogP contribution in [0.15, 0.2) is 133 Å². The van der Waals surface area contributed by atoms with Gasteiger partial charge in [-0.15, -0.1) is 0 Å². The lowest BCUT2D eigenvalue weighted by Gasteiger charge is -2.37. The maximum atomic E-state index is 2.73. The van der Waals surface area contributed by atoms with Gasteiger partial charge < -0.3 is 9.13 Å². The first-order valence-electron chi connectivity index (χ1n) is 22.1. The number of rotatable bonds is 3. The number of hydrogen-bond donors (Lipinski definition) is 0. The fourth-order valence-electron chi connectivity index (χ4n) is 11.4. The Morgan fingerprint density at radius 1 is 0.508 bits per heavy atom. The van der Waals surface area contributed by atoms with Crippen LogP contribution in [0.3, 0.4) is 0 Å². The van der Waals surface area contributed by atoms with Crippen molar-refractivity contribution in [1.29, 1.82) is 0 Å². The Balaban J connectivity index is 1.34. The van der Waals surface area contributed by atoms with Gasteiger partial charge in [0.05, 0.1) is 16.7 Å². The molecule has 288 valence electrons. The van der Waals surface area contributed by atoms with Gasteiger partial charge in [-0.25, -0.2) is 0 Å². The van der Waals surface area contributed by atoms with E-state index in [9.17, 15) is 0 Å². The van der Waals surface area contributed by atoms with Gasteiger partial charge in [0.25, 0.3) is 6.71 Å². The van der Waals surface area contributed by atoms with E-state index in [1.807, 2.05) is 0 Å². The highest BCUT2D eigenvalue weighted by Crippen LogP contribution is 2.48. The van der Waals surface area contributed by atoms with Gasteiger partial charge in [0.1, 0.15) is 0 Å². The molecule has 0 atom stereocenters. The Kier molecular flexibility index (Phi) is 7.37. The molecule has 3 aliphatic rings. The molecule has 3 heteroatoms. The van der Waals surface area contributed by atoms with Crippen molar-refractivity contribution in [3.63, 3.8) is 0 Å². The summed E-state index contributed by atoms with van der Waals surface area (Å²) in [5.74, 6) is 0.552. The molecule has 7 aromatic carbocycles. The zero-order valence-corrected chi connectivity index (χ0v) is 35.3. The van der Waals surface area contributed by atoms with Gasteiger partial charge in [-0.3, -0.25) is 0 Å². The molecule has 0 spiro atoms. The predicted molar refractivity (Wildman–Crippen MR) is 254 cm³/mol. The van der Waals surface area contributed by atoms with Gasteiger partial charge in [-0.05, 0) is 121 Å². The normalized spacial score (nSPS) is 15.2. The van der Waals surface area contributed by atoms with Gasteiger partial charge in [-0.2, -0.15) is 0 Å². The highest BCUT2D eigenvalue weighted by molar-refractivity contribution is 7.01. The topological polar surface area (TPSA) is 9.86 Å². The maximum Gasteiger partial charge on any atom is 0.253 e. The van der Waals surface area contributed by atoms with Crippen LogP contribution in [0.2, 0.25) is 0 Å². The third-order valence-corrected chi connectivity index (χ3v) is 14.4. The summed E-state index contributed by atoms with van der Waals surface area (Å²) < 4.78 is 5.44. The van der Waals surface area contributed by atoms with Crippen LogP contribution >= 0.6 is 0 Å². The molecule has 9 aromatic rings. The van der Waals surface area contributed by atoms with E-state index in [0.717, 1.165) is 0 Å². The number of nitrogens with zero attached hydrogens (tertiary/aromatic N) is 2. The quantitative estimate of drug-likeness (QED) is 0.159. The molecule has 2 aliphatic heterocycles. The van der Waals surface area contributed by atoms with E-state index in [-0.39, 0.29) is 17.5 Å². The van der Waals surface area contributed by atoms with E-state index in [2.05, 4.69) is 184 Å². The molecule has 0 radical (unpaired) electrons. The fourth-order valence-corrected chi connectivity index (χ4v) is 11.4. The number of fused-ring (bicyclic) bond motifs is 9. The van der Waals surface area contributed by atoms with Gasteiger partial charge in [0.15, 0.2) is 0 Å². The Morgan fingerprint density at radius 2 is 1.15 bits per heavy atom. The monoisotopic (exact) mass is 762 g/mol. The number of benzene rings is 7. The van der Waals surface area contributed by atoms with Crippen LogP contribution in [-0.4, -0.2) is 15.8 Å². The predicted octanol–water partition coefficient (Wildman–Crippen LogP) is 13.0. The molecule has 0 unspecified atom stereocenters. The Bertz CT molecular complexity index is 3200. The molecule has 0 amide bonds. The summed E-state index contributed by atoms with van der Waals surface area (Å²) in [6.07, 6.45) is 6.47. The molecule has 2 nitrogen and oxygen atoms in total. The number of hydrogen-bond acceptors (Lipinski definition) is 0. The smallest absolute Gasteiger partial charge is 0.253 e. The third kappa shape index (κ3) is 5.00. The second-order valence-corrected chi connectivity index (χ2v) is 20.0. The van der Waals surface area contributed by atoms with Crippen molar-refractivity contribution in [2.24, 2.45) is 0 Å². The standard InChI is InChI=1S/C56H51BN2/c1-55(2,3)39-26-27-46-42(31-39)43-32-40(56(4,5)6)33-45-53(43)58(46)47-29-38(34-18-10-7-11-19-34)30-48-51(47)57(45)50-41-25-17-16-24-37(41)28-44-49(35-20-12-8-13-21-35)52(59(48)54(44)50)36-22-14-9-15-23-36/h8-9,12-17,20-34H,7,10-11,18-19H2,1-6H3. The molecular formula is C56H51BN2. The summed E-state index contributed by atoms with van der Waals surface area (Å²) in [6, 6.07) is 52.0. The summed E-state index contributed by atoms with van der Waals surface area (Å²) >= 11 is 0. The van der Waals surface area contributed by atoms with E-state index < -0.39 is 0 Å². The van der Waals surface area contributed by atoms with Crippen molar-refractivity contribution >= 4 is 66.6 Å². The van der Waals surface area contributed by atoms with Gasteiger partial charge >= 0.3 is 0 Å². The number of aromatic nitrogens is 2. The molecule has 59 heavy (non-hydrogen) atoms. The van der Waals surface area contributed by atoms with Crippen LogP contribution in [0.25, 0.3) is 77.2 Å². The van der Waals surface area contributed by atoms with Crippen LogP contribution in [0.4, 0.5) is 0 Å². The van der Waals surface area contributed by atoms with Crippen molar-refractivity contribution in [2.75, 3.05) is 0 Å². The lowest BCUT2D eigenvalue weighted by molar-refractivity contribution is 0.443. The molecule has 0 N–H and O–H groups in total. The van der Waals surface area contributed by atoms with E-state index >= 15 is 0 Å². The maximum absolute atomic E-state index is 2.73. The van der Waals surface area contributed by atoms with Crippen LogP contribution in [0.5, 0.6) is 0 Å². The van der Waals surface area contributed by atoms with Gasteiger partial charge in [0.2, 0.25) is 0 Å². The summed E-state index contributed by atoms with van der Waals surface area (Å²) in [5, 5.41) is 6.75. The van der Waals surface area contributed by atoms with Crippen LogP contribution in [0.1, 0.15) is 96.3 Å². The minimum absolute atomic E-state index is 0.0292. The lowest BCUT2D eigenvalue weighted by Crippen LogP contribution is -2.60. The van der Waals surface area contributed by atoms with Crippen LogP contribution < -0.4 is 16.4 Å². The zero-order valence-electron chi connectivity index (χ0n) is 35.3. The van der Waals surface area contributed by atoms with Crippen molar-refractivity contribution in [3.8, 4) is 33.8 Å². The molecule has 12 rings (SSSR count). The molecule has 2 aromatic heterocycles. The summed E-state index contributed by atoms with van der Waals surface area (Å²) in [4.78, 5) is 0. The molecule has 1 saturated carbocycles. The minimum atomic E-state index is -0.0292. The van der Waals surface area contributed by atoms with Crippen molar-refractivity contribution in [3.05, 3.63) is 150 Å². The van der Waals surface area contributed by atoms with E-state index in [4.69, 9.17) is 0 Å². The van der Waals surface area contributed by atoms with E-state index in [1.54, 1.807) is 0 Å². The average Bonchev–Trinajstić information content (AvgIpc) is 3.77. The van der Waals surface area contributed by atoms with E-state index in [0.29, 0.717) is 5.92 Å². The minimum Gasteiger partial charge on any atom is -0.310 e. The molecular weight excluding hydrogens is 711 g/mol. The second kappa shape index (κ2) is 12.4. The molecule has 1 fully saturated rings. The molecule has 4 heterocycles. The Morgan fingerprint density at radius 3 is 1.86 bits per heavy atom. The van der Waals surface area contributed by atoms with E-state index in [1.165, 1.54) is 142 Å². The largest absolute Gasteiger partial charge is 0.310 e. The first kappa shape index (κ1) is 35.2. The fraction of sp³-hybridized carbons (Fsp3) is 0.250. The second-order valence-electron chi connectivity index (χ2n) is 20.0. The molecule has 0 bridgehead atoms. The first-order valence-corrected chi connectivity index (χ1v) is 22.1. The highest BCUT2D eigenvalue weighted by atomic mass is 15.0. The highest BCUT2D eigenvalue weighted by Gasteiger charge is 2.44. The first-order chi connectivity index (χ1) is 28.6. The van der Waals surface area contributed by atoms with Crippen LogP contribution in [0, 0.1) is 0 Å². The molecule has 0 saturated heterocycles. The van der Waals surface area contributed by atoms with Crippen molar-refractivity contribution in [1.82, 2.24) is 9.13 Å². The SMILES string of the molecule is CC(C)(C)c1ccc2c(c1)c1cc(C(C)(C)C)cc3c1n2-c1cc(C2CCCCC2)cc2c1B3c1c3ccccc3cc3c(-c4ccccc4)c(-c4ccccc4)n-2c13. The third-order valence-electron chi connectivity index (χ3n) is 14.4. The van der Waals surface area contributed by atoms with Crippen LogP contribution in [-0.2, 0) is 10.8 Å². The van der Waals surface area contributed by atoms with Crippen molar-refractivity contribution in [2.45, 2.75) is 90.4 Å². The average molecular weight is 763 g/mol. The van der Waals surface area contributed by atoms with Gasteiger partial charge in [-0.1, -0.05) is 158 Å². The summed E-state index contributed by atoms with van der Waals surface area (Å²) in [5.41, 5.74) is 20.5. The lowest BCUT2D eigenvalue weighted by atomic mass is 9.33. The van der Waals surface area contributed by atoms with Gasteiger partial charge in [0, 0.05) is 38.6 Å². The molecule has 1 aliphatic carbocycles. The zero-order chi connectivity index (χ0) is 39.9. The summed E-state index contributed by atoms with van der Waals surface area (Å²) in [7, 11) is 0.